The van der Waals surface area contributed by atoms with Gasteiger partial charge in [0.15, 0.2) is 0 Å². The summed E-state index contributed by atoms with van der Waals surface area (Å²) in [6.07, 6.45) is 1.97. The second kappa shape index (κ2) is 4.70. The van der Waals surface area contributed by atoms with E-state index < -0.39 is 0 Å². The highest BCUT2D eigenvalue weighted by atomic mass is 79.9. The third-order valence-corrected chi connectivity index (χ3v) is 2.99. The number of alkyl halides is 1. The summed E-state index contributed by atoms with van der Waals surface area (Å²) in [5, 5.41) is 5.22. The minimum absolute atomic E-state index is 0.787. The maximum Gasteiger partial charge on any atom is 0.0734 e. The molecule has 2 rings (SSSR count). The summed E-state index contributed by atoms with van der Waals surface area (Å²) in [6, 6.07) is 10.3. The summed E-state index contributed by atoms with van der Waals surface area (Å²) in [5.74, 6) is 0. The van der Waals surface area contributed by atoms with Crippen molar-refractivity contribution in [2.75, 3.05) is 19.0 Å². The lowest BCUT2D eigenvalue weighted by Crippen LogP contribution is -2.08. The lowest BCUT2D eigenvalue weighted by atomic mass is 10.2. The first-order valence-electron chi connectivity index (χ1n) is 5.09. The molecule has 0 fully saturated rings. The van der Waals surface area contributed by atoms with Gasteiger partial charge in [-0.05, 0) is 30.3 Å². The molecule has 0 bridgehead atoms. The quantitative estimate of drug-likeness (QED) is 0.806. The van der Waals surface area contributed by atoms with Gasteiger partial charge in [0.2, 0.25) is 0 Å². The van der Waals surface area contributed by atoms with Crippen molar-refractivity contribution in [3.05, 3.63) is 42.2 Å². The Morgan fingerprint density at radius 1 is 1.19 bits per heavy atom. The van der Waals surface area contributed by atoms with Crippen molar-refractivity contribution < 1.29 is 0 Å². The van der Waals surface area contributed by atoms with E-state index in [1.54, 1.807) is 0 Å². The van der Waals surface area contributed by atoms with E-state index in [9.17, 15) is 0 Å². The molecule has 0 aliphatic heterocycles. The lowest BCUT2D eigenvalue weighted by Gasteiger charge is -2.12. The number of rotatable bonds is 3. The number of benzene rings is 1. The van der Waals surface area contributed by atoms with Crippen LogP contribution in [0.3, 0.4) is 0 Å². The molecule has 0 saturated heterocycles. The van der Waals surface area contributed by atoms with Crippen molar-refractivity contribution in [2.45, 2.75) is 5.33 Å². The maximum atomic E-state index is 4.43. The van der Waals surface area contributed by atoms with E-state index >= 15 is 0 Å². The van der Waals surface area contributed by atoms with Gasteiger partial charge < -0.3 is 4.90 Å². The molecule has 1 aromatic carbocycles. The van der Waals surface area contributed by atoms with Crippen molar-refractivity contribution in [3.63, 3.8) is 0 Å². The first-order valence-corrected chi connectivity index (χ1v) is 6.21. The van der Waals surface area contributed by atoms with Crippen LogP contribution in [-0.4, -0.2) is 23.9 Å². The average Bonchev–Trinajstić information content (AvgIpc) is 2.77. The molecule has 1 heterocycles. The molecular formula is C12H14BrN3. The lowest BCUT2D eigenvalue weighted by molar-refractivity contribution is 0.860. The van der Waals surface area contributed by atoms with E-state index in [0.29, 0.717) is 0 Å². The van der Waals surface area contributed by atoms with Crippen LogP contribution < -0.4 is 4.90 Å². The van der Waals surface area contributed by atoms with Gasteiger partial charge in [0.25, 0.3) is 0 Å². The van der Waals surface area contributed by atoms with Crippen LogP contribution in [0.2, 0.25) is 0 Å². The van der Waals surface area contributed by atoms with Crippen LogP contribution in [0.4, 0.5) is 5.69 Å². The Hall–Kier alpha value is -1.29. The summed E-state index contributed by atoms with van der Waals surface area (Å²) < 4.78 is 1.88. The van der Waals surface area contributed by atoms with Gasteiger partial charge >= 0.3 is 0 Å². The zero-order valence-corrected chi connectivity index (χ0v) is 11.0. The smallest absolute Gasteiger partial charge is 0.0734 e. The summed E-state index contributed by atoms with van der Waals surface area (Å²) >= 11 is 3.39. The van der Waals surface area contributed by atoms with Gasteiger partial charge in [-0.15, -0.1) is 0 Å². The molecule has 0 aliphatic rings. The highest BCUT2D eigenvalue weighted by Crippen LogP contribution is 2.15. The first kappa shape index (κ1) is 11.2. The molecule has 0 saturated carbocycles. The highest BCUT2D eigenvalue weighted by Gasteiger charge is 2.00. The zero-order chi connectivity index (χ0) is 11.5. The largest absolute Gasteiger partial charge is 0.378 e. The molecule has 0 unspecified atom stereocenters. The number of hydrogen-bond donors (Lipinski definition) is 0. The Morgan fingerprint density at radius 3 is 2.38 bits per heavy atom. The van der Waals surface area contributed by atoms with Crippen molar-refractivity contribution in [1.29, 1.82) is 0 Å². The molecule has 16 heavy (non-hydrogen) atoms. The third-order valence-electron chi connectivity index (χ3n) is 2.41. The molecule has 0 spiro atoms. The van der Waals surface area contributed by atoms with Crippen LogP contribution in [-0.2, 0) is 5.33 Å². The molecule has 2 aromatic rings. The number of anilines is 1. The minimum Gasteiger partial charge on any atom is -0.378 e. The second-order valence-corrected chi connectivity index (χ2v) is 4.36. The Bertz CT molecular complexity index is 459. The molecule has 0 amide bonds. The standard InChI is InChI=1S/C12H14BrN3/c1-15(2)11-3-5-12(6-4-11)16-8-7-10(9-13)14-16/h3-8H,9H2,1-2H3. The molecule has 0 aliphatic carbocycles. The SMILES string of the molecule is CN(C)c1ccc(-n2ccc(CBr)n2)cc1. The molecule has 0 atom stereocenters. The van der Waals surface area contributed by atoms with Crippen molar-refractivity contribution in [2.24, 2.45) is 0 Å². The molecular weight excluding hydrogens is 266 g/mol. The van der Waals surface area contributed by atoms with E-state index in [4.69, 9.17) is 0 Å². The Morgan fingerprint density at radius 2 is 1.88 bits per heavy atom. The van der Waals surface area contributed by atoms with Gasteiger partial charge in [-0.3, -0.25) is 0 Å². The third kappa shape index (κ3) is 2.27. The molecule has 4 heteroatoms. The van der Waals surface area contributed by atoms with Gasteiger partial charge in [-0.1, -0.05) is 15.9 Å². The van der Waals surface area contributed by atoms with Crippen LogP contribution in [0, 0.1) is 0 Å². The predicted molar refractivity (Wildman–Crippen MR) is 70.5 cm³/mol. The van der Waals surface area contributed by atoms with Crippen LogP contribution >= 0.6 is 15.9 Å². The van der Waals surface area contributed by atoms with Gasteiger partial charge in [-0.25, -0.2) is 4.68 Å². The van der Waals surface area contributed by atoms with Gasteiger partial charge in [0, 0.05) is 31.3 Å². The number of aromatic nitrogens is 2. The van der Waals surface area contributed by atoms with Crippen LogP contribution in [0.1, 0.15) is 5.69 Å². The van der Waals surface area contributed by atoms with Gasteiger partial charge in [-0.2, -0.15) is 5.10 Å². The molecule has 1 aromatic heterocycles. The minimum atomic E-state index is 0.787. The molecule has 3 nitrogen and oxygen atoms in total. The average molecular weight is 280 g/mol. The Balaban J connectivity index is 2.27. The summed E-state index contributed by atoms with van der Waals surface area (Å²) in [7, 11) is 4.07. The summed E-state index contributed by atoms with van der Waals surface area (Å²) in [4.78, 5) is 2.08. The van der Waals surface area contributed by atoms with Crippen LogP contribution in [0.5, 0.6) is 0 Å². The normalized spacial score (nSPS) is 10.4. The topological polar surface area (TPSA) is 21.1 Å². The van der Waals surface area contributed by atoms with Crippen molar-refractivity contribution >= 4 is 21.6 Å². The molecule has 0 N–H and O–H groups in total. The fourth-order valence-corrected chi connectivity index (χ4v) is 1.78. The zero-order valence-electron chi connectivity index (χ0n) is 9.39. The number of nitrogens with zero attached hydrogens (tertiary/aromatic N) is 3. The van der Waals surface area contributed by atoms with Crippen molar-refractivity contribution in [1.82, 2.24) is 9.78 Å². The predicted octanol–water partition coefficient (Wildman–Crippen LogP) is 2.83. The second-order valence-electron chi connectivity index (χ2n) is 3.80. The monoisotopic (exact) mass is 279 g/mol. The van der Waals surface area contributed by atoms with E-state index in [-0.39, 0.29) is 0 Å². The van der Waals surface area contributed by atoms with Gasteiger partial charge in [0.1, 0.15) is 0 Å². The fraction of sp³-hybridized carbons (Fsp3) is 0.250. The van der Waals surface area contributed by atoms with E-state index in [0.717, 1.165) is 16.7 Å². The Kier molecular flexibility index (Phi) is 3.29. The fourth-order valence-electron chi connectivity index (χ4n) is 1.48. The van der Waals surface area contributed by atoms with Crippen LogP contribution in [0.15, 0.2) is 36.5 Å². The highest BCUT2D eigenvalue weighted by molar-refractivity contribution is 9.08. The van der Waals surface area contributed by atoms with E-state index in [2.05, 4.69) is 50.2 Å². The van der Waals surface area contributed by atoms with Crippen LogP contribution in [0.25, 0.3) is 5.69 Å². The van der Waals surface area contributed by atoms with Crippen molar-refractivity contribution in [3.8, 4) is 5.69 Å². The van der Waals surface area contributed by atoms with E-state index in [1.807, 2.05) is 31.0 Å². The Labute approximate surface area is 104 Å². The van der Waals surface area contributed by atoms with Gasteiger partial charge in [0.05, 0.1) is 11.4 Å². The first-order chi connectivity index (χ1) is 7.70. The summed E-state index contributed by atoms with van der Waals surface area (Å²) in [6.45, 7) is 0. The summed E-state index contributed by atoms with van der Waals surface area (Å²) in [5.41, 5.74) is 3.31. The number of halogens is 1. The molecule has 84 valence electrons. The number of hydrogen-bond acceptors (Lipinski definition) is 2. The maximum absolute atomic E-state index is 4.43. The molecule has 0 radical (unpaired) electrons. The van der Waals surface area contributed by atoms with E-state index in [1.165, 1.54) is 5.69 Å².